The topological polar surface area (TPSA) is 99.9 Å². The zero-order valence-corrected chi connectivity index (χ0v) is 11.8. The van der Waals surface area contributed by atoms with Gasteiger partial charge in [0.1, 0.15) is 5.54 Å². The van der Waals surface area contributed by atoms with Crippen molar-refractivity contribution in [2.75, 3.05) is 13.1 Å². The second kappa shape index (κ2) is 5.99. The molecule has 1 fully saturated rings. The van der Waals surface area contributed by atoms with Crippen LogP contribution in [0.2, 0.25) is 0 Å². The van der Waals surface area contributed by atoms with Crippen molar-refractivity contribution in [2.45, 2.75) is 31.7 Å². The van der Waals surface area contributed by atoms with E-state index < -0.39 is 23.3 Å². The van der Waals surface area contributed by atoms with Crippen LogP contribution in [0.25, 0.3) is 0 Å². The molecule has 2 N–H and O–H groups in total. The number of nitrogens with one attached hydrogen (secondary N) is 1. The summed E-state index contributed by atoms with van der Waals surface area (Å²) < 4.78 is 4.92. The molecule has 0 aromatic carbocycles. The average molecular weight is 294 g/mol. The molecule has 2 amide bonds. The lowest BCUT2D eigenvalue weighted by molar-refractivity contribution is -0.160. The molecule has 1 atom stereocenters. The summed E-state index contributed by atoms with van der Waals surface area (Å²) in [5.74, 6) is -1.81. The van der Waals surface area contributed by atoms with E-state index in [0.29, 0.717) is 13.0 Å². The Morgan fingerprint density at radius 2 is 2.19 bits per heavy atom. The van der Waals surface area contributed by atoms with Crippen LogP contribution >= 0.6 is 0 Å². The van der Waals surface area contributed by atoms with Gasteiger partial charge in [-0.2, -0.15) is 0 Å². The summed E-state index contributed by atoms with van der Waals surface area (Å²) in [6.45, 7) is 1.68. The van der Waals surface area contributed by atoms with Crippen LogP contribution < -0.4 is 5.32 Å². The number of piperidine rings is 1. The van der Waals surface area contributed by atoms with Crippen LogP contribution in [-0.2, 0) is 9.59 Å². The third-order valence-corrected chi connectivity index (χ3v) is 3.80. The van der Waals surface area contributed by atoms with Gasteiger partial charge in [-0.15, -0.1) is 0 Å². The molecule has 7 nitrogen and oxygen atoms in total. The van der Waals surface area contributed by atoms with Gasteiger partial charge in [0, 0.05) is 6.54 Å². The number of rotatable bonds is 4. The van der Waals surface area contributed by atoms with E-state index in [4.69, 9.17) is 4.42 Å². The van der Waals surface area contributed by atoms with Crippen molar-refractivity contribution in [3.63, 3.8) is 0 Å². The number of likely N-dealkylation sites (tertiary alicyclic amines) is 1. The fourth-order valence-electron chi connectivity index (χ4n) is 2.49. The van der Waals surface area contributed by atoms with Crippen molar-refractivity contribution >= 4 is 17.8 Å². The van der Waals surface area contributed by atoms with Crippen molar-refractivity contribution in [3.8, 4) is 0 Å². The van der Waals surface area contributed by atoms with Gasteiger partial charge >= 0.3 is 5.97 Å². The average Bonchev–Trinajstić information content (AvgIpc) is 2.99. The van der Waals surface area contributed by atoms with Crippen LogP contribution in [0.1, 0.15) is 36.7 Å². The molecule has 2 rings (SSSR count). The van der Waals surface area contributed by atoms with E-state index in [-0.39, 0.29) is 12.3 Å². The van der Waals surface area contributed by atoms with Crippen LogP contribution in [0.15, 0.2) is 22.8 Å². The maximum absolute atomic E-state index is 12.2. The number of furan rings is 1. The third kappa shape index (κ3) is 3.07. The van der Waals surface area contributed by atoms with Gasteiger partial charge in [-0.1, -0.05) is 0 Å². The van der Waals surface area contributed by atoms with Crippen LogP contribution in [0.5, 0.6) is 0 Å². The number of hydrogen-bond donors (Lipinski definition) is 2. The van der Waals surface area contributed by atoms with Gasteiger partial charge < -0.3 is 19.7 Å². The van der Waals surface area contributed by atoms with Crippen LogP contribution in [0, 0.1) is 0 Å². The number of carbonyl (C=O) groups is 3. The molecule has 114 valence electrons. The Hall–Kier alpha value is -2.31. The molecule has 0 aliphatic carbocycles. The van der Waals surface area contributed by atoms with Gasteiger partial charge in [-0.3, -0.25) is 9.59 Å². The lowest BCUT2D eigenvalue weighted by atomic mass is 9.88. The SMILES string of the molecule is CC1(C(=O)O)CCCCN1C(=O)CNC(=O)c1ccco1. The predicted molar refractivity (Wildman–Crippen MR) is 72.6 cm³/mol. The fraction of sp³-hybridized carbons (Fsp3) is 0.500. The van der Waals surface area contributed by atoms with Gasteiger partial charge in [-0.05, 0) is 38.3 Å². The Labute approximate surface area is 121 Å². The summed E-state index contributed by atoms with van der Waals surface area (Å²) in [6.07, 6.45) is 3.31. The second-order valence-electron chi connectivity index (χ2n) is 5.24. The molecule has 0 saturated carbocycles. The first-order valence-electron chi connectivity index (χ1n) is 6.81. The molecule has 1 unspecified atom stereocenters. The van der Waals surface area contributed by atoms with Crippen molar-refractivity contribution in [3.05, 3.63) is 24.2 Å². The van der Waals surface area contributed by atoms with E-state index in [1.807, 2.05) is 0 Å². The van der Waals surface area contributed by atoms with Gasteiger partial charge in [0.15, 0.2) is 5.76 Å². The Morgan fingerprint density at radius 1 is 1.43 bits per heavy atom. The lowest BCUT2D eigenvalue weighted by Gasteiger charge is -2.41. The molecule has 0 bridgehead atoms. The highest BCUT2D eigenvalue weighted by Gasteiger charge is 2.43. The van der Waals surface area contributed by atoms with Crippen molar-refractivity contribution < 1.29 is 23.9 Å². The molecule has 0 radical (unpaired) electrons. The van der Waals surface area contributed by atoms with E-state index >= 15 is 0 Å². The number of aliphatic carboxylic acids is 1. The number of hydrogen-bond acceptors (Lipinski definition) is 4. The third-order valence-electron chi connectivity index (χ3n) is 3.80. The minimum absolute atomic E-state index is 0.113. The zero-order chi connectivity index (χ0) is 15.5. The first-order chi connectivity index (χ1) is 9.95. The van der Waals surface area contributed by atoms with Gasteiger partial charge in [0.2, 0.25) is 5.91 Å². The highest BCUT2D eigenvalue weighted by Crippen LogP contribution is 2.28. The first-order valence-corrected chi connectivity index (χ1v) is 6.81. The van der Waals surface area contributed by atoms with E-state index in [0.717, 1.165) is 12.8 Å². The number of nitrogens with zero attached hydrogens (tertiary/aromatic N) is 1. The summed E-state index contributed by atoms with van der Waals surface area (Å²) in [5, 5.41) is 11.8. The summed E-state index contributed by atoms with van der Waals surface area (Å²) in [4.78, 5) is 36.7. The number of carbonyl (C=O) groups excluding carboxylic acids is 2. The first kappa shape index (κ1) is 15.1. The maximum atomic E-state index is 12.2. The molecule has 1 aromatic heterocycles. The quantitative estimate of drug-likeness (QED) is 0.858. The van der Waals surface area contributed by atoms with Gasteiger partial charge in [0.25, 0.3) is 5.91 Å². The second-order valence-corrected chi connectivity index (χ2v) is 5.24. The van der Waals surface area contributed by atoms with Crippen molar-refractivity contribution in [1.29, 1.82) is 0 Å². The summed E-state index contributed by atoms with van der Waals surface area (Å²) >= 11 is 0. The van der Waals surface area contributed by atoms with Gasteiger partial charge in [0.05, 0.1) is 12.8 Å². The van der Waals surface area contributed by atoms with Crippen LogP contribution in [0.4, 0.5) is 0 Å². The Morgan fingerprint density at radius 3 is 2.81 bits per heavy atom. The van der Waals surface area contributed by atoms with Crippen LogP contribution in [0.3, 0.4) is 0 Å². The molecule has 2 heterocycles. The molecule has 1 aliphatic heterocycles. The van der Waals surface area contributed by atoms with Crippen LogP contribution in [-0.4, -0.2) is 46.4 Å². The summed E-state index contributed by atoms with van der Waals surface area (Å²) in [7, 11) is 0. The smallest absolute Gasteiger partial charge is 0.329 e. The minimum Gasteiger partial charge on any atom is -0.480 e. The number of carboxylic acid groups (broad SMARTS) is 1. The molecule has 21 heavy (non-hydrogen) atoms. The molecule has 1 saturated heterocycles. The molecule has 7 heteroatoms. The minimum atomic E-state index is -1.20. The summed E-state index contributed by atoms with van der Waals surface area (Å²) in [5.41, 5.74) is -1.20. The van der Waals surface area contributed by atoms with Crippen molar-refractivity contribution in [1.82, 2.24) is 10.2 Å². The van der Waals surface area contributed by atoms with Gasteiger partial charge in [-0.25, -0.2) is 4.79 Å². The highest BCUT2D eigenvalue weighted by atomic mass is 16.4. The lowest BCUT2D eigenvalue weighted by Crippen LogP contribution is -2.59. The molecular formula is C14H18N2O5. The maximum Gasteiger partial charge on any atom is 0.329 e. The number of amides is 2. The molecule has 0 spiro atoms. The largest absolute Gasteiger partial charge is 0.480 e. The molecule has 1 aromatic rings. The molecular weight excluding hydrogens is 276 g/mol. The Bertz CT molecular complexity index is 540. The zero-order valence-electron chi connectivity index (χ0n) is 11.8. The number of carboxylic acids is 1. The van der Waals surface area contributed by atoms with Crippen molar-refractivity contribution in [2.24, 2.45) is 0 Å². The van der Waals surface area contributed by atoms with E-state index in [1.54, 1.807) is 13.0 Å². The highest BCUT2D eigenvalue weighted by molar-refractivity contribution is 5.95. The van der Waals surface area contributed by atoms with E-state index in [9.17, 15) is 19.5 Å². The fourth-order valence-corrected chi connectivity index (χ4v) is 2.49. The van der Waals surface area contributed by atoms with E-state index in [2.05, 4.69) is 5.32 Å². The predicted octanol–water partition coefficient (Wildman–Crippen LogP) is 0.865. The summed E-state index contributed by atoms with van der Waals surface area (Å²) in [6, 6.07) is 3.06. The normalized spacial score (nSPS) is 21.9. The Balaban J connectivity index is 1.98. The molecule has 1 aliphatic rings. The monoisotopic (exact) mass is 294 g/mol. The van der Waals surface area contributed by atoms with E-state index in [1.165, 1.54) is 17.2 Å². The standard InChI is InChI=1S/C14H18N2O5/c1-14(13(19)20)6-2-3-7-16(14)11(17)9-15-12(18)10-5-4-8-21-10/h4-5,8H,2-3,6-7,9H2,1H3,(H,15,18)(H,19,20). The Kier molecular flexibility index (Phi) is 4.30.